The maximum atomic E-state index is 5.92. The Morgan fingerprint density at radius 2 is 2.21 bits per heavy atom. The lowest BCUT2D eigenvalue weighted by Crippen LogP contribution is -2.08. The van der Waals surface area contributed by atoms with E-state index in [9.17, 15) is 0 Å². The Hall–Kier alpha value is -2.74. The summed E-state index contributed by atoms with van der Waals surface area (Å²) in [6.45, 7) is 1.30. The van der Waals surface area contributed by atoms with Crippen molar-refractivity contribution in [3.63, 3.8) is 0 Å². The average molecular weight is 325 g/mol. The van der Waals surface area contributed by atoms with Gasteiger partial charge in [-0.2, -0.15) is 4.98 Å². The predicted molar refractivity (Wildman–Crippen MR) is 87.2 cm³/mol. The first-order valence-corrected chi connectivity index (χ1v) is 7.97. The number of aryl methyl sites for hydroxylation is 1. The van der Waals surface area contributed by atoms with Crippen LogP contribution >= 0.6 is 0 Å². The van der Waals surface area contributed by atoms with Crippen LogP contribution in [0.1, 0.15) is 35.5 Å². The quantitative estimate of drug-likeness (QED) is 0.743. The molecule has 8 nitrogen and oxygen atoms in total. The summed E-state index contributed by atoms with van der Waals surface area (Å²) in [7, 11) is 1.85. The van der Waals surface area contributed by atoms with Crippen molar-refractivity contribution in [2.75, 3.05) is 11.9 Å². The van der Waals surface area contributed by atoms with Gasteiger partial charge in [0.15, 0.2) is 0 Å². The van der Waals surface area contributed by atoms with Crippen molar-refractivity contribution in [3.05, 3.63) is 53.6 Å². The summed E-state index contributed by atoms with van der Waals surface area (Å²) in [4.78, 5) is 4.59. The lowest BCUT2D eigenvalue weighted by Gasteiger charge is -2.16. The molecule has 124 valence electrons. The third kappa shape index (κ3) is 2.88. The summed E-state index contributed by atoms with van der Waals surface area (Å²) >= 11 is 0. The van der Waals surface area contributed by atoms with E-state index < -0.39 is 0 Å². The number of rotatable bonds is 5. The number of aromatic amines is 1. The topological polar surface area (TPSA) is 93.5 Å². The molecular formula is C16H19N7O. The zero-order valence-corrected chi connectivity index (χ0v) is 13.4. The van der Waals surface area contributed by atoms with E-state index in [2.05, 4.69) is 42.9 Å². The van der Waals surface area contributed by atoms with E-state index in [-0.39, 0.29) is 12.0 Å². The van der Waals surface area contributed by atoms with Crippen molar-refractivity contribution in [1.82, 2.24) is 30.2 Å². The fraction of sp³-hybridized carbons (Fsp3) is 0.375. The Kier molecular flexibility index (Phi) is 3.96. The van der Waals surface area contributed by atoms with E-state index in [1.54, 1.807) is 10.9 Å². The number of benzene rings is 1. The molecule has 0 unspecified atom stereocenters. The molecule has 0 spiro atoms. The first-order chi connectivity index (χ1) is 11.8. The van der Waals surface area contributed by atoms with Gasteiger partial charge in [0.25, 0.3) is 0 Å². The number of nitrogens with zero attached hydrogens (tertiary/aromatic N) is 5. The summed E-state index contributed by atoms with van der Waals surface area (Å²) in [5.74, 6) is 1.62. The minimum Gasteiger partial charge on any atom is -0.373 e. The highest BCUT2D eigenvalue weighted by Gasteiger charge is 2.33. The van der Waals surface area contributed by atoms with Crippen molar-refractivity contribution in [2.45, 2.75) is 25.0 Å². The van der Waals surface area contributed by atoms with E-state index >= 15 is 0 Å². The molecule has 1 fully saturated rings. The highest BCUT2D eigenvalue weighted by atomic mass is 16.5. The van der Waals surface area contributed by atoms with Crippen LogP contribution in [0.2, 0.25) is 0 Å². The van der Waals surface area contributed by atoms with Gasteiger partial charge in [-0.1, -0.05) is 35.5 Å². The van der Waals surface area contributed by atoms with Gasteiger partial charge in [-0.15, -0.1) is 10.2 Å². The second kappa shape index (κ2) is 6.40. The van der Waals surface area contributed by atoms with E-state index in [4.69, 9.17) is 4.74 Å². The van der Waals surface area contributed by atoms with Crippen LogP contribution in [0, 0.1) is 0 Å². The van der Waals surface area contributed by atoms with E-state index in [1.807, 2.05) is 25.2 Å². The maximum Gasteiger partial charge on any atom is 0.242 e. The van der Waals surface area contributed by atoms with Crippen molar-refractivity contribution in [2.24, 2.45) is 7.05 Å². The van der Waals surface area contributed by atoms with Gasteiger partial charge in [0.05, 0.1) is 30.5 Å². The monoisotopic (exact) mass is 325 g/mol. The van der Waals surface area contributed by atoms with Crippen LogP contribution in [0.25, 0.3) is 0 Å². The third-order valence-electron chi connectivity index (χ3n) is 4.31. The van der Waals surface area contributed by atoms with Crippen LogP contribution in [-0.4, -0.2) is 36.8 Å². The van der Waals surface area contributed by atoms with E-state index in [1.165, 1.54) is 5.56 Å². The van der Waals surface area contributed by atoms with Gasteiger partial charge < -0.3 is 10.1 Å². The van der Waals surface area contributed by atoms with Crippen LogP contribution in [0.15, 0.2) is 36.5 Å². The average Bonchev–Trinajstić information content (AvgIpc) is 3.34. The highest BCUT2D eigenvalue weighted by Crippen LogP contribution is 2.40. The number of ether oxygens (including phenoxy) is 1. The van der Waals surface area contributed by atoms with Crippen molar-refractivity contribution in [1.29, 1.82) is 0 Å². The van der Waals surface area contributed by atoms with Gasteiger partial charge in [0, 0.05) is 13.7 Å². The maximum absolute atomic E-state index is 5.92. The molecule has 0 amide bonds. The molecule has 3 aromatic rings. The van der Waals surface area contributed by atoms with Crippen molar-refractivity contribution >= 4 is 5.95 Å². The minimum absolute atomic E-state index is 0.0215. The van der Waals surface area contributed by atoms with Crippen molar-refractivity contribution < 1.29 is 4.74 Å². The number of hydrogen-bond donors (Lipinski definition) is 2. The molecule has 0 saturated carbocycles. The molecule has 24 heavy (non-hydrogen) atoms. The molecule has 1 aliphatic heterocycles. The van der Waals surface area contributed by atoms with Gasteiger partial charge >= 0.3 is 0 Å². The zero-order chi connectivity index (χ0) is 16.4. The first kappa shape index (κ1) is 14.8. The lowest BCUT2D eigenvalue weighted by atomic mass is 9.95. The largest absolute Gasteiger partial charge is 0.373 e. The summed E-state index contributed by atoms with van der Waals surface area (Å²) < 4.78 is 7.64. The van der Waals surface area contributed by atoms with Crippen LogP contribution < -0.4 is 5.32 Å². The van der Waals surface area contributed by atoms with Crippen LogP contribution in [0.5, 0.6) is 0 Å². The Bertz CT molecular complexity index is 798. The molecule has 1 aliphatic rings. The predicted octanol–water partition coefficient (Wildman–Crippen LogP) is 1.79. The van der Waals surface area contributed by atoms with Gasteiger partial charge in [-0.25, -0.2) is 0 Å². The van der Waals surface area contributed by atoms with E-state index in [0.717, 1.165) is 24.5 Å². The van der Waals surface area contributed by atoms with Crippen LogP contribution in [-0.2, 0) is 18.3 Å². The number of anilines is 1. The Morgan fingerprint density at radius 1 is 1.33 bits per heavy atom. The second-order valence-corrected chi connectivity index (χ2v) is 5.84. The third-order valence-corrected chi connectivity index (χ3v) is 4.31. The molecule has 8 heteroatoms. The first-order valence-electron chi connectivity index (χ1n) is 7.97. The molecule has 2 N–H and O–H groups in total. The molecule has 2 aromatic heterocycles. The molecule has 0 radical (unpaired) electrons. The summed E-state index contributed by atoms with van der Waals surface area (Å²) in [5, 5.41) is 18.3. The normalized spacial score (nSPS) is 20.4. The zero-order valence-electron chi connectivity index (χ0n) is 13.4. The fourth-order valence-corrected chi connectivity index (χ4v) is 3.00. The summed E-state index contributed by atoms with van der Waals surface area (Å²) in [6, 6.07) is 10.3. The smallest absolute Gasteiger partial charge is 0.242 e. The highest BCUT2D eigenvalue weighted by molar-refractivity contribution is 5.27. The molecule has 3 heterocycles. The molecular weight excluding hydrogens is 306 g/mol. The SMILES string of the molecule is Cn1nncc1CNc1n[nH]c([C@@H]2CCO[C@H]2c2ccccc2)n1. The van der Waals surface area contributed by atoms with Gasteiger partial charge in [-0.05, 0) is 12.0 Å². The van der Waals surface area contributed by atoms with Gasteiger partial charge in [0.1, 0.15) is 5.82 Å². The lowest BCUT2D eigenvalue weighted by molar-refractivity contribution is 0.103. The van der Waals surface area contributed by atoms with Crippen molar-refractivity contribution in [3.8, 4) is 0 Å². The van der Waals surface area contributed by atoms with Gasteiger partial charge in [-0.3, -0.25) is 9.78 Å². The molecule has 4 rings (SSSR count). The Balaban J connectivity index is 1.47. The molecule has 2 atom stereocenters. The molecule has 1 aromatic carbocycles. The Morgan fingerprint density at radius 3 is 3.00 bits per heavy atom. The van der Waals surface area contributed by atoms with Crippen LogP contribution in [0.3, 0.4) is 0 Å². The number of aromatic nitrogens is 6. The number of H-pyrrole nitrogens is 1. The number of nitrogens with one attached hydrogen (secondary N) is 2. The summed E-state index contributed by atoms with van der Waals surface area (Å²) in [6.07, 6.45) is 2.67. The number of hydrogen-bond acceptors (Lipinski definition) is 6. The van der Waals surface area contributed by atoms with E-state index in [0.29, 0.717) is 12.5 Å². The second-order valence-electron chi connectivity index (χ2n) is 5.84. The molecule has 0 aliphatic carbocycles. The molecule has 1 saturated heterocycles. The van der Waals surface area contributed by atoms with Gasteiger partial charge in [0.2, 0.25) is 5.95 Å². The molecule has 0 bridgehead atoms. The Labute approximate surface area is 139 Å². The fourth-order valence-electron chi connectivity index (χ4n) is 3.00. The standard InChI is InChI=1S/C16H19N7O/c1-23-12(10-18-22-23)9-17-16-19-15(20-21-16)13-7-8-24-14(13)11-5-3-2-4-6-11/h2-6,10,13-14H,7-9H2,1H3,(H2,17,19,20,21)/t13-,14+/m1/s1. The minimum atomic E-state index is 0.0215. The van der Waals surface area contributed by atoms with Crippen LogP contribution in [0.4, 0.5) is 5.95 Å². The summed E-state index contributed by atoms with van der Waals surface area (Å²) in [5.41, 5.74) is 2.14.